The van der Waals surface area contributed by atoms with E-state index < -0.39 is 0 Å². The van der Waals surface area contributed by atoms with Crippen LogP contribution in [-0.4, -0.2) is 23.8 Å². The summed E-state index contributed by atoms with van der Waals surface area (Å²) in [5.41, 5.74) is 4.23. The molecule has 5 heteroatoms. The van der Waals surface area contributed by atoms with Gasteiger partial charge < -0.3 is 9.84 Å². The van der Waals surface area contributed by atoms with E-state index in [1.807, 2.05) is 54.6 Å². The van der Waals surface area contributed by atoms with E-state index in [4.69, 9.17) is 4.74 Å². The first kappa shape index (κ1) is 19.4. The number of phenolic OH excluding ortho intramolecular Hbond substituents is 1. The molecular formula is C23H24N2O3. The molecule has 0 aliphatic heterocycles. The van der Waals surface area contributed by atoms with Crippen molar-refractivity contribution in [1.29, 1.82) is 0 Å². The van der Waals surface area contributed by atoms with Crippen LogP contribution in [0.15, 0.2) is 65.8 Å². The highest BCUT2D eigenvalue weighted by Crippen LogP contribution is 2.25. The lowest BCUT2D eigenvalue weighted by Gasteiger charge is -2.10. The summed E-state index contributed by atoms with van der Waals surface area (Å²) in [5, 5.41) is 15.9. The summed E-state index contributed by atoms with van der Waals surface area (Å²) in [7, 11) is 0. The fourth-order valence-corrected chi connectivity index (χ4v) is 2.90. The van der Waals surface area contributed by atoms with Crippen molar-refractivity contribution in [2.24, 2.45) is 5.10 Å². The van der Waals surface area contributed by atoms with Crippen molar-refractivity contribution >= 4 is 22.9 Å². The summed E-state index contributed by atoms with van der Waals surface area (Å²) in [6, 6.07) is 18.9. The number of hydrogen-bond donors (Lipinski definition) is 2. The van der Waals surface area contributed by atoms with Crippen molar-refractivity contribution in [2.75, 3.05) is 6.61 Å². The molecule has 28 heavy (non-hydrogen) atoms. The molecule has 0 fully saturated rings. The number of fused-ring (bicyclic) bond motifs is 1. The van der Waals surface area contributed by atoms with Gasteiger partial charge in [0.15, 0.2) is 6.61 Å². The topological polar surface area (TPSA) is 70.9 Å². The minimum Gasteiger partial charge on any atom is -0.507 e. The maximum Gasteiger partial charge on any atom is 0.277 e. The zero-order chi connectivity index (χ0) is 19.9. The molecule has 0 bridgehead atoms. The van der Waals surface area contributed by atoms with Crippen LogP contribution in [-0.2, 0) is 4.79 Å². The normalized spacial score (nSPS) is 12.2. The fourth-order valence-electron chi connectivity index (χ4n) is 2.90. The summed E-state index contributed by atoms with van der Waals surface area (Å²) in [6.45, 7) is 4.19. The van der Waals surface area contributed by atoms with Gasteiger partial charge in [0.05, 0.1) is 6.21 Å². The third-order valence-electron chi connectivity index (χ3n) is 4.76. The van der Waals surface area contributed by atoms with Crippen molar-refractivity contribution in [3.63, 3.8) is 0 Å². The van der Waals surface area contributed by atoms with Gasteiger partial charge in [0.2, 0.25) is 0 Å². The standard InChI is InChI=1S/C23H24N2O3/c1-3-16(2)17-8-11-19(12-9-17)28-15-23(27)25-24-14-21-20-7-5-4-6-18(20)10-13-22(21)26/h4-14,16,26H,3,15H2,1-2H3,(H,25,27)/b24-14+/t16-/m1/s1. The molecular weight excluding hydrogens is 352 g/mol. The number of rotatable bonds is 7. The van der Waals surface area contributed by atoms with Crippen molar-refractivity contribution in [3.8, 4) is 11.5 Å². The first-order valence-electron chi connectivity index (χ1n) is 9.34. The Labute approximate surface area is 164 Å². The van der Waals surface area contributed by atoms with Gasteiger partial charge in [-0.25, -0.2) is 5.43 Å². The number of nitrogens with one attached hydrogen (secondary N) is 1. The Balaban J connectivity index is 1.57. The quantitative estimate of drug-likeness (QED) is 0.468. The average Bonchev–Trinajstić information content (AvgIpc) is 2.73. The van der Waals surface area contributed by atoms with Crippen LogP contribution in [0.2, 0.25) is 0 Å². The molecule has 2 N–H and O–H groups in total. The van der Waals surface area contributed by atoms with Crippen molar-refractivity contribution in [1.82, 2.24) is 5.43 Å². The lowest BCUT2D eigenvalue weighted by atomic mass is 9.99. The predicted molar refractivity (Wildman–Crippen MR) is 112 cm³/mol. The van der Waals surface area contributed by atoms with Gasteiger partial charge in [-0.2, -0.15) is 5.10 Å². The van der Waals surface area contributed by atoms with Crippen molar-refractivity contribution in [2.45, 2.75) is 26.2 Å². The predicted octanol–water partition coefficient (Wildman–Crippen LogP) is 4.59. The molecule has 5 nitrogen and oxygen atoms in total. The molecule has 1 atom stereocenters. The van der Waals surface area contributed by atoms with Gasteiger partial charge in [-0.15, -0.1) is 0 Å². The van der Waals surface area contributed by atoms with Gasteiger partial charge in [0.1, 0.15) is 11.5 Å². The van der Waals surface area contributed by atoms with Gasteiger partial charge in [0, 0.05) is 5.56 Å². The van der Waals surface area contributed by atoms with E-state index in [-0.39, 0.29) is 18.3 Å². The summed E-state index contributed by atoms with van der Waals surface area (Å²) in [5.74, 6) is 0.867. The molecule has 0 heterocycles. The van der Waals surface area contributed by atoms with Crippen LogP contribution >= 0.6 is 0 Å². The van der Waals surface area contributed by atoms with Crippen LogP contribution in [0.3, 0.4) is 0 Å². The van der Waals surface area contributed by atoms with E-state index in [0.29, 0.717) is 17.2 Å². The lowest BCUT2D eigenvalue weighted by molar-refractivity contribution is -0.123. The van der Waals surface area contributed by atoms with Gasteiger partial charge in [-0.05, 0) is 46.9 Å². The minimum atomic E-state index is -0.373. The molecule has 0 aliphatic carbocycles. The number of amides is 1. The number of benzene rings is 3. The number of aromatic hydroxyl groups is 1. The molecule has 0 unspecified atom stereocenters. The highest BCUT2D eigenvalue weighted by atomic mass is 16.5. The van der Waals surface area contributed by atoms with Crippen LogP contribution < -0.4 is 10.2 Å². The summed E-state index contributed by atoms with van der Waals surface area (Å²) < 4.78 is 5.50. The second-order valence-electron chi connectivity index (χ2n) is 6.68. The smallest absolute Gasteiger partial charge is 0.277 e. The third-order valence-corrected chi connectivity index (χ3v) is 4.76. The van der Waals surface area contributed by atoms with E-state index in [2.05, 4.69) is 24.4 Å². The Bertz CT molecular complexity index is 981. The number of carbonyl (C=O) groups excluding carboxylic acids is 1. The molecule has 0 saturated carbocycles. The Morgan fingerprint density at radius 1 is 1.14 bits per heavy atom. The third kappa shape index (κ3) is 4.68. The van der Waals surface area contributed by atoms with E-state index in [1.165, 1.54) is 11.8 Å². The molecule has 3 rings (SSSR count). The summed E-state index contributed by atoms with van der Waals surface area (Å²) in [6.07, 6.45) is 2.52. The molecule has 144 valence electrons. The SMILES string of the molecule is CC[C@@H](C)c1ccc(OCC(=O)N/N=C/c2c(O)ccc3ccccc23)cc1. The molecule has 0 radical (unpaired) electrons. The highest BCUT2D eigenvalue weighted by molar-refractivity contribution is 6.02. The zero-order valence-corrected chi connectivity index (χ0v) is 16.1. The van der Waals surface area contributed by atoms with E-state index in [0.717, 1.165) is 17.2 Å². The van der Waals surface area contributed by atoms with Crippen LogP contribution in [0.4, 0.5) is 0 Å². The Hall–Kier alpha value is -3.34. The maximum absolute atomic E-state index is 12.0. The van der Waals surface area contributed by atoms with Gasteiger partial charge in [-0.1, -0.05) is 56.3 Å². The van der Waals surface area contributed by atoms with E-state index in [9.17, 15) is 9.90 Å². The first-order chi connectivity index (χ1) is 13.6. The van der Waals surface area contributed by atoms with Crippen molar-refractivity contribution < 1.29 is 14.6 Å². The Kier molecular flexibility index (Phi) is 6.27. The van der Waals surface area contributed by atoms with Crippen molar-refractivity contribution in [3.05, 3.63) is 71.8 Å². The van der Waals surface area contributed by atoms with Gasteiger partial charge >= 0.3 is 0 Å². The molecule has 0 aliphatic rings. The summed E-state index contributed by atoms with van der Waals surface area (Å²) in [4.78, 5) is 12.0. The Morgan fingerprint density at radius 3 is 2.64 bits per heavy atom. The van der Waals surface area contributed by atoms with Crippen LogP contribution in [0, 0.1) is 0 Å². The highest BCUT2D eigenvalue weighted by Gasteiger charge is 2.06. The molecule has 3 aromatic rings. The summed E-state index contributed by atoms with van der Waals surface area (Å²) >= 11 is 0. The lowest BCUT2D eigenvalue weighted by Crippen LogP contribution is -2.24. The molecule has 1 amide bonds. The number of hydrazone groups is 1. The number of phenols is 1. The molecule has 0 saturated heterocycles. The number of carbonyl (C=O) groups is 1. The van der Waals surface area contributed by atoms with Crippen LogP contribution in [0.5, 0.6) is 11.5 Å². The fraction of sp³-hybridized carbons (Fsp3) is 0.217. The number of ether oxygens (including phenoxy) is 1. The monoisotopic (exact) mass is 376 g/mol. The van der Waals surface area contributed by atoms with E-state index >= 15 is 0 Å². The van der Waals surface area contributed by atoms with Gasteiger partial charge in [0.25, 0.3) is 5.91 Å². The number of hydrogen-bond acceptors (Lipinski definition) is 4. The molecule has 0 spiro atoms. The van der Waals surface area contributed by atoms with E-state index in [1.54, 1.807) is 6.07 Å². The Morgan fingerprint density at radius 2 is 1.89 bits per heavy atom. The first-order valence-corrected chi connectivity index (χ1v) is 9.34. The molecule has 0 aromatic heterocycles. The van der Waals surface area contributed by atoms with Crippen LogP contribution in [0.25, 0.3) is 10.8 Å². The van der Waals surface area contributed by atoms with Gasteiger partial charge in [-0.3, -0.25) is 4.79 Å². The minimum absolute atomic E-state index is 0.106. The average molecular weight is 376 g/mol. The maximum atomic E-state index is 12.0. The second kappa shape index (κ2) is 9.04. The molecule has 3 aromatic carbocycles. The van der Waals surface area contributed by atoms with Crippen LogP contribution in [0.1, 0.15) is 37.3 Å². The zero-order valence-electron chi connectivity index (χ0n) is 16.1. The number of nitrogens with zero attached hydrogens (tertiary/aromatic N) is 1. The largest absolute Gasteiger partial charge is 0.507 e. The second-order valence-corrected chi connectivity index (χ2v) is 6.68.